The van der Waals surface area contributed by atoms with Gasteiger partial charge in [-0.05, 0) is 25.2 Å². The van der Waals surface area contributed by atoms with E-state index in [1.54, 1.807) is 6.92 Å². The maximum atomic E-state index is 11.2. The summed E-state index contributed by atoms with van der Waals surface area (Å²) in [7, 11) is 0. The fourth-order valence-electron chi connectivity index (χ4n) is 1.87. The Balaban J connectivity index is 2.29. The van der Waals surface area contributed by atoms with Gasteiger partial charge >= 0.3 is 0 Å². The number of carbonyl (C=O) groups excluding carboxylic acids is 1. The Hall–Kier alpha value is -0.570. The fourth-order valence-corrected chi connectivity index (χ4v) is 1.87. The largest absolute Gasteiger partial charge is 0.354 e. The van der Waals surface area contributed by atoms with Crippen LogP contribution in [0.2, 0.25) is 0 Å². The van der Waals surface area contributed by atoms with Crippen molar-refractivity contribution in [2.24, 2.45) is 11.1 Å². The van der Waals surface area contributed by atoms with E-state index in [0.717, 1.165) is 6.54 Å². The normalized spacial score (nSPS) is 22.7. The summed E-state index contributed by atoms with van der Waals surface area (Å²) in [6, 6.07) is -0.384. The van der Waals surface area contributed by atoms with Crippen LogP contribution < -0.4 is 11.1 Å². The predicted octanol–water partition coefficient (Wildman–Crippen LogP) is 1.03. The monoisotopic (exact) mass is 184 g/mol. The maximum Gasteiger partial charge on any atom is 0.236 e. The number of hydrogen-bond donors (Lipinski definition) is 2. The number of amides is 1. The Bertz CT molecular complexity index is 183. The molecule has 0 unspecified atom stereocenters. The zero-order valence-corrected chi connectivity index (χ0v) is 8.60. The van der Waals surface area contributed by atoms with Crippen LogP contribution in [0.1, 0.15) is 39.5 Å². The molecule has 0 heterocycles. The number of hydrogen-bond acceptors (Lipinski definition) is 2. The first kappa shape index (κ1) is 10.5. The van der Waals surface area contributed by atoms with E-state index in [1.165, 1.54) is 25.7 Å². The first-order chi connectivity index (χ1) is 6.03. The van der Waals surface area contributed by atoms with Crippen molar-refractivity contribution in [1.82, 2.24) is 5.32 Å². The third-order valence-corrected chi connectivity index (χ3v) is 2.91. The lowest BCUT2D eigenvalue weighted by Gasteiger charge is -2.24. The van der Waals surface area contributed by atoms with Crippen LogP contribution in [-0.4, -0.2) is 18.5 Å². The number of carbonyl (C=O) groups is 1. The van der Waals surface area contributed by atoms with Crippen LogP contribution in [0.5, 0.6) is 0 Å². The van der Waals surface area contributed by atoms with Crippen molar-refractivity contribution in [3.05, 3.63) is 0 Å². The van der Waals surface area contributed by atoms with E-state index in [9.17, 15) is 4.79 Å². The molecule has 76 valence electrons. The highest BCUT2D eigenvalue weighted by Gasteiger charge is 2.28. The maximum absolute atomic E-state index is 11.2. The second kappa shape index (κ2) is 4.09. The highest BCUT2D eigenvalue weighted by molar-refractivity contribution is 5.80. The standard InChI is InChI=1S/C10H20N2O/c1-8(11)9(13)12-7-10(2)5-3-4-6-10/h8H,3-7,11H2,1-2H3,(H,12,13)/t8-/m1/s1. The molecule has 1 saturated carbocycles. The minimum absolute atomic E-state index is 0.0341. The molecule has 0 aromatic heterocycles. The number of nitrogens with one attached hydrogen (secondary N) is 1. The Labute approximate surface area is 80.1 Å². The molecular formula is C10H20N2O. The van der Waals surface area contributed by atoms with Crippen LogP contribution >= 0.6 is 0 Å². The molecule has 0 spiro atoms. The van der Waals surface area contributed by atoms with Gasteiger partial charge in [-0.3, -0.25) is 4.79 Å². The second-order valence-electron chi connectivity index (χ2n) is 4.52. The first-order valence-electron chi connectivity index (χ1n) is 5.07. The van der Waals surface area contributed by atoms with Gasteiger partial charge < -0.3 is 11.1 Å². The Morgan fingerprint density at radius 1 is 1.54 bits per heavy atom. The molecule has 1 rings (SSSR count). The molecule has 1 amide bonds. The van der Waals surface area contributed by atoms with E-state index in [1.807, 2.05) is 0 Å². The molecule has 1 fully saturated rings. The molecule has 1 atom stereocenters. The highest BCUT2D eigenvalue weighted by atomic mass is 16.2. The van der Waals surface area contributed by atoms with Crippen LogP contribution in [0.15, 0.2) is 0 Å². The molecule has 13 heavy (non-hydrogen) atoms. The SMILES string of the molecule is C[C@@H](N)C(=O)NCC1(C)CCCC1. The lowest BCUT2D eigenvalue weighted by Crippen LogP contribution is -2.42. The lowest BCUT2D eigenvalue weighted by atomic mass is 9.89. The van der Waals surface area contributed by atoms with Gasteiger partial charge in [0, 0.05) is 6.54 Å². The van der Waals surface area contributed by atoms with Crippen LogP contribution in [0.3, 0.4) is 0 Å². The topological polar surface area (TPSA) is 55.1 Å². The van der Waals surface area contributed by atoms with Crippen LogP contribution in [0, 0.1) is 5.41 Å². The Kier molecular flexibility index (Phi) is 3.31. The number of rotatable bonds is 3. The van der Waals surface area contributed by atoms with Gasteiger partial charge in [-0.1, -0.05) is 19.8 Å². The quantitative estimate of drug-likeness (QED) is 0.688. The molecular weight excluding hydrogens is 164 g/mol. The Morgan fingerprint density at radius 3 is 2.54 bits per heavy atom. The molecule has 1 aliphatic rings. The van der Waals surface area contributed by atoms with Gasteiger partial charge in [0.05, 0.1) is 6.04 Å². The van der Waals surface area contributed by atoms with Crippen molar-refractivity contribution >= 4 is 5.91 Å². The van der Waals surface area contributed by atoms with Crippen molar-refractivity contribution in [2.45, 2.75) is 45.6 Å². The van der Waals surface area contributed by atoms with E-state index in [0.29, 0.717) is 5.41 Å². The zero-order valence-electron chi connectivity index (χ0n) is 8.60. The van der Waals surface area contributed by atoms with Gasteiger partial charge in [-0.2, -0.15) is 0 Å². The van der Waals surface area contributed by atoms with Crippen molar-refractivity contribution in [1.29, 1.82) is 0 Å². The van der Waals surface area contributed by atoms with Gasteiger partial charge in [-0.15, -0.1) is 0 Å². The van der Waals surface area contributed by atoms with E-state index in [2.05, 4.69) is 12.2 Å². The summed E-state index contributed by atoms with van der Waals surface area (Å²) in [6.45, 7) is 4.74. The molecule has 0 saturated heterocycles. The van der Waals surface area contributed by atoms with Gasteiger partial charge in [0.1, 0.15) is 0 Å². The molecule has 0 bridgehead atoms. The summed E-state index contributed by atoms with van der Waals surface area (Å²) in [6.07, 6.45) is 5.05. The van der Waals surface area contributed by atoms with Gasteiger partial charge in [-0.25, -0.2) is 0 Å². The minimum atomic E-state index is -0.384. The average molecular weight is 184 g/mol. The summed E-state index contributed by atoms with van der Waals surface area (Å²) < 4.78 is 0. The van der Waals surface area contributed by atoms with Crippen molar-refractivity contribution in [2.75, 3.05) is 6.54 Å². The van der Waals surface area contributed by atoms with Crippen LogP contribution in [0.4, 0.5) is 0 Å². The molecule has 1 aliphatic carbocycles. The first-order valence-corrected chi connectivity index (χ1v) is 5.07. The Morgan fingerprint density at radius 2 is 2.08 bits per heavy atom. The summed E-state index contributed by atoms with van der Waals surface area (Å²) in [5, 5.41) is 2.90. The minimum Gasteiger partial charge on any atom is -0.354 e. The summed E-state index contributed by atoms with van der Waals surface area (Å²) in [5.41, 5.74) is 5.78. The van der Waals surface area contributed by atoms with E-state index < -0.39 is 0 Å². The summed E-state index contributed by atoms with van der Waals surface area (Å²) in [5.74, 6) is -0.0341. The van der Waals surface area contributed by atoms with E-state index >= 15 is 0 Å². The lowest BCUT2D eigenvalue weighted by molar-refractivity contribution is -0.122. The van der Waals surface area contributed by atoms with Crippen molar-refractivity contribution in [3.8, 4) is 0 Å². The molecule has 3 nitrogen and oxygen atoms in total. The average Bonchev–Trinajstić information content (AvgIpc) is 2.48. The highest BCUT2D eigenvalue weighted by Crippen LogP contribution is 2.36. The second-order valence-corrected chi connectivity index (χ2v) is 4.52. The molecule has 0 radical (unpaired) electrons. The van der Waals surface area contributed by atoms with E-state index in [4.69, 9.17) is 5.73 Å². The number of nitrogens with two attached hydrogens (primary N) is 1. The molecule has 0 aromatic carbocycles. The molecule has 3 N–H and O–H groups in total. The summed E-state index contributed by atoms with van der Waals surface area (Å²) >= 11 is 0. The fraction of sp³-hybridized carbons (Fsp3) is 0.900. The van der Waals surface area contributed by atoms with Crippen LogP contribution in [0.25, 0.3) is 0 Å². The third kappa shape index (κ3) is 2.99. The van der Waals surface area contributed by atoms with Crippen LogP contribution in [-0.2, 0) is 4.79 Å². The zero-order chi connectivity index (χ0) is 9.90. The third-order valence-electron chi connectivity index (χ3n) is 2.91. The van der Waals surface area contributed by atoms with Crippen molar-refractivity contribution < 1.29 is 4.79 Å². The predicted molar refractivity (Wildman–Crippen MR) is 53.2 cm³/mol. The van der Waals surface area contributed by atoms with Gasteiger partial charge in [0.15, 0.2) is 0 Å². The molecule has 0 aromatic rings. The van der Waals surface area contributed by atoms with Gasteiger partial charge in [0.25, 0.3) is 0 Å². The van der Waals surface area contributed by atoms with Crippen molar-refractivity contribution in [3.63, 3.8) is 0 Å². The summed E-state index contributed by atoms with van der Waals surface area (Å²) in [4.78, 5) is 11.2. The molecule has 3 heteroatoms. The van der Waals surface area contributed by atoms with Gasteiger partial charge in [0.2, 0.25) is 5.91 Å². The molecule has 0 aliphatic heterocycles. The smallest absolute Gasteiger partial charge is 0.236 e. The van der Waals surface area contributed by atoms with E-state index in [-0.39, 0.29) is 11.9 Å².